The van der Waals surface area contributed by atoms with Gasteiger partial charge in [0, 0.05) is 18.7 Å². The molecule has 0 aliphatic rings. The van der Waals surface area contributed by atoms with Gasteiger partial charge in [-0.05, 0) is 20.8 Å². The summed E-state index contributed by atoms with van der Waals surface area (Å²) >= 11 is 0. The maximum atomic E-state index is 11.4. The van der Waals surface area contributed by atoms with Crippen molar-refractivity contribution in [2.75, 3.05) is 12.4 Å². The average molecular weight is 224 g/mol. The first kappa shape index (κ1) is 12.2. The third-order valence-electron chi connectivity index (χ3n) is 1.57. The van der Waals surface area contributed by atoms with Gasteiger partial charge >= 0.3 is 6.09 Å². The maximum Gasteiger partial charge on any atom is 0.414 e. The van der Waals surface area contributed by atoms with E-state index in [9.17, 15) is 4.79 Å². The number of carbonyl (C=O) groups is 1. The molecule has 1 rings (SSSR count). The van der Waals surface area contributed by atoms with Crippen LogP contribution < -0.4 is 15.4 Å². The second kappa shape index (κ2) is 4.78. The normalized spacial score (nSPS) is 10.8. The fourth-order valence-electron chi connectivity index (χ4n) is 0.959. The number of ether oxygens (including phenoxy) is 1. The van der Waals surface area contributed by atoms with E-state index < -0.39 is 6.09 Å². The minimum absolute atomic E-state index is 0.209. The van der Waals surface area contributed by atoms with Gasteiger partial charge in [0.15, 0.2) is 0 Å². The molecular weight excluding hydrogens is 208 g/mol. The molecule has 0 saturated heterocycles. The van der Waals surface area contributed by atoms with Crippen LogP contribution in [0.25, 0.3) is 0 Å². The number of hydrogen-bond acceptors (Lipinski definition) is 5. The molecule has 1 amide bonds. The Bertz CT molecular complexity index is 373. The van der Waals surface area contributed by atoms with Crippen molar-refractivity contribution in [1.29, 1.82) is 0 Å². The number of carbonyl (C=O) groups excluding carboxylic acids is 1. The highest BCUT2D eigenvalue weighted by Crippen LogP contribution is 2.10. The first-order chi connectivity index (χ1) is 7.40. The first-order valence-electron chi connectivity index (χ1n) is 4.90. The minimum atomic E-state index is -0.534. The number of amides is 1. The van der Waals surface area contributed by atoms with Crippen LogP contribution in [0.1, 0.15) is 20.8 Å². The van der Waals surface area contributed by atoms with Crippen molar-refractivity contribution >= 4 is 11.9 Å². The van der Waals surface area contributed by atoms with Crippen molar-refractivity contribution in [2.24, 2.45) is 0 Å². The molecule has 1 aromatic heterocycles. The van der Waals surface area contributed by atoms with E-state index in [1.165, 1.54) is 6.33 Å². The summed E-state index contributed by atoms with van der Waals surface area (Å²) < 4.78 is 4.99. The third kappa shape index (κ3) is 4.12. The molecule has 0 unspecified atom stereocenters. The zero-order valence-electron chi connectivity index (χ0n) is 9.87. The second-order valence-corrected chi connectivity index (χ2v) is 4.26. The van der Waals surface area contributed by atoms with E-state index in [1.807, 2.05) is 20.8 Å². The second-order valence-electron chi connectivity index (χ2n) is 4.26. The van der Waals surface area contributed by atoms with Crippen molar-refractivity contribution in [2.45, 2.75) is 26.3 Å². The smallest absolute Gasteiger partial charge is 0.391 e. The molecule has 0 aliphatic carbocycles. The van der Waals surface area contributed by atoms with E-state index in [2.05, 4.69) is 20.6 Å². The summed E-state index contributed by atoms with van der Waals surface area (Å²) in [6.45, 7) is 5.60. The van der Waals surface area contributed by atoms with Gasteiger partial charge in [0.25, 0.3) is 0 Å². The quantitative estimate of drug-likeness (QED) is 0.794. The highest BCUT2D eigenvalue weighted by molar-refractivity contribution is 5.70. The van der Waals surface area contributed by atoms with E-state index in [0.717, 1.165) is 0 Å². The Hall–Kier alpha value is -1.85. The summed E-state index contributed by atoms with van der Waals surface area (Å²) in [6.07, 6.45) is 0.791. The van der Waals surface area contributed by atoms with Crippen LogP contribution in [0.4, 0.5) is 10.6 Å². The van der Waals surface area contributed by atoms with Gasteiger partial charge in [-0.25, -0.2) is 14.8 Å². The minimum Gasteiger partial charge on any atom is -0.391 e. The Balaban J connectivity index is 2.62. The molecule has 2 N–H and O–H groups in total. The Morgan fingerprint density at radius 3 is 2.62 bits per heavy atom. The molecular formula is C10H16N4O2. The SMILES string of the molecule is CNc1cc(OC(=O)NC(C)(C)C)ncn1. The number of anilines is 1. The first-order valence-corrected chi connectivity index (χ1v) is 4.90. The average Bonchev–Trinajstić information content (AvgIpc) is 2.15. The molecule has 0 saturated carbocycles. The lowest BCUT2D eigenvalue weighted by molar-refractivity contribution is 0.189. The lowest BCUT2D eigenvalue weighted by Crippen LogP contribution is -2.42. The van der Waals surface area contributed by atoms with E-state index in [-0.39, 0.29) is 11.4 Å². The van der Waals surface area contributed by atoms with Crippen LogP contribution in [0.3, 0.4) is 0 Å². The maximum absolute atomic E-state index is 11.4. The molecule has 0 spiro atoms. The van der Waals surface area contributed by atoms with Crippen LogP contribution in [0.5, 0.6) is 5.88 Å². The highest BCUT2D eigenvalue weighted by Gasteiger charge is 2.15. The number of aromatic nitrogens is 2. The summed E-state index contributed by atoms with van der Waals surface area (Å²) in [5.41, 5.74) is -0.337. The van der Waals surface area contributed by atoms with Crippen molar-refractivity contribution in [1.82, 2.24) is 15.3 Å². The van der Waals surface area contributed by atoms with Crippen LogP contribution in [0.2, 0.25) is 0 Å². The summed E-state index contributed by atoms with van der Waals surface area (Å²) in [6, 6.07) is 1.54. The largest absolute Gasteiger partial charge is 0.414 e. The predicted octanol–water partition coefficient (Wildman–Crippen LogP) is 1.41. The Kier molecular flexibility index (Phi) is 3.65. The lowest BCUT2D eigenvalue weighted by atomic mass is 10.1. The molecule has 0 aliphatic heterocycles. The molecule has 0 fully saturated rings. The van der Waals surface area contributed by atoms with Gasteiger partial charge in [-0.15, -0.1) is 0 Å². The van der Waals surface area contributed by atoms with E-state index in [4.69, 9.17) is 4.74 Å². The predicted molar refractivity (Wildman–Crippen MR) is 60.5 cm³/mol. The van der Waals surface area contributed by atoms with Crippen LogP contribution in [-0.4, -0.2) is 28.6 Å². The van der Waals surface area contributed by atoms with Crippen LogP contribution in [-0.2, 0) is 0 Å². The van der Waals surface area contributed by atoms with Crippen LogP contribution >= 0.6 is 0 Å². The topological polar surface area (TPSA) is 76.1 Å². The molecule has 1 heterocycles. The number of nitrogens with one attached hydrogen (secondary N) is 2. The molecule has 0 atom stereocenters. The third-order valence-corrected chi connectivity index (χ3v) is 1.57. The van der Waals surface area contributed by atoms with E-state index in [0.29, 0.717) is 5.82 Å². The van der Waals surface area contributed by atoms with Gasteiger partial charge in [0.1, 0.15) is 12.1 Å². The Morgan fingerprint density at radius 1 is 1.38 bits per heavy atom. The zero-order chi connectivity index (χ0) is 12.2. The van der Waals surface area contributed by atoms with E-state index >= 15 is 0 Å². The molecule has 16 heavy (non-hydrogen) atoms. The summed E-state index contributed by atoms with van der Waals surface area (Å²) in [7, 11) is 1.72. The molecule has 0 bridgehead atoms. The van der Waals surface area contributed by atoms with Crippen molar-refractivity contribution in [3.8, 4) is 5.88 Å². The van der Waals surface area contributed by atoms with Crippen molar-refractivity contribution < 1.29 is 9.53 Å². The van der Waals surface area contributed by atoms with Gasteiger partial charge in [0.05, 0.1) is 0 Å². The Morgan fingerprint density at radius 2 is 2.06 bits per heavy atom. The number of hydrogen-bond donors (Lipinski definition) is 2. The van der Waals surface area contributed by atoms with Crippen LogP contribution in [0.15, 0.2) is 12.4 Å². The molecule has 88 valence electrons. The highest BCUT2D eigenvalue weighted by atomic mass is 16.6. The summed E-state index contributed by atoms with van der Waals surface area (Å²) in [4.78, 5) is 19.1. The van der Waals surface area contributed by atoms with Crippen molar-refractivity contribution in [3.05, 3.63) is 12.4 Å². The fourth-order valence-corrected chi connectivity index (χ4v) is 0.959. The van der Waals surface area contributed by atoms with E-state index in [1.54, 1.807) is 13.1 Å². The van der Waals surface area contributed by atoms with Gasteiger partial charge in [-0.3, -0.25) is 0 Å². The summed E-state index contributed by atoms with van der Waals surface area (Å²) in [5.74, 6) is 0.801. The van der Waals surface area contributed by atoms with Gasteiger partial charge in [0.2, 0.25) is 5.88 Å². The monoisotopic (exact) mass is 224 g/mol. The van der Waals surface area contributed by atoms with Gasteiger partial charge < -0.3 is 15.4 Å². The Labute approximate surface area is 94.4 Å². The standard InChI is InChI=1S/C10H16N4O2/c1-10(2,3)14-9(15)16-8-5-7(11-4)12-6-13-8/h5-6H,1-4H3,(H,14,15)(H,11,12,13). The number of nitrogens with zero attached hydrogens (tertiary/aromatic N) is 2. The molecule has 0 aromatic carbocycles. The molecule has 1 aromatic rings. The van der Waals surface area contributed by atoms with Gasteiger partial charge in [-0.2, -0.15) is 0 Å². The van der Waals surface area contributed by atoms with Crippen molar-refractivity contribution in [3.63, 3.8) is 0 Å². The summed E-state index contributed by atoms with van der Waals surface area (Å²) in [5, 5.41) is 5.49. The molecule has 6 heteroatoms. The van der Waals surface area contributed by atoms with Gasteiger partial charge in [-0.1, -0.05) is 0 Å². The molecule has 0 radical (unpaired) electrons. The fraction of sp³-hybridized carbons (Fsp3) is 0.500. The zero-order valence-corrected chi connectivity index (χ0v) is 9.87. The molecule has 6 nitrogen and oxygen atoms in total. The lowest BCUT2D eigenvalue weighted by Gasteiger charge is -2.19. The number of rotatable bonds is 2. The van der Waals surface area contributed by atoms with Crippen LogP contribution in [0, 0.1) is 0 Å².